The third kappa shape index (κ3) is 5.01. The molecule has 20 heavy (non-hydrogen) atoms. The minimum absolute atomic E-state index is 0.0668. The third-order valence-electron chi connectivity index (χ3n) is 2.99. The van der Waals surface area contributed by atoms with E-state index in [9.17, 15) is 9.59 Å². The normalized spacial score (nSPS) is 12.2. The summed E-state index contributed by atoms with van der Waals surface area (Å²) in [5, 5.41) is 11.4. The van der Waals surface area contributed by atoms with Gasteiger partial charge in [-0.25, -0.2) is 0 Å². The van der Waals surface area contributed by atoms with Crippen LogP contribution in [0.4, 0.5) is 0 Å². The standard InChI is InChI=1S/C15H22N2O3/c1-11-6-4-7-12(10-11)14(17(2)3)15(20)16-9-5-8-13(18)19/h4,6-7,10,14H,5,8-9H2,1-3H3,(H,16,20)(H,18,19)/t14-/m0/s1. The Bertz CT molecular complexity index is 472. The van der Waals surface area contributed by atoms with Crippen molar-refractivity contribution in [2.24, 2.45) is 0 Å². The van der Waals surface area contributed by atoms with Gasteiger partial charge >= 0.3 is 5.97 Å². The number of nitrogens with one attached hydrogen (secondary N) is 1. The molecule has 1 rings (SSSR count). The van der Waals surface area contributed by atoms with E-state index in [1.807, 2.05) is 50.2 Å². The van der Waals surface area contributed by atoms with Gasteiger partial charge in [0.2, 0.25) is 5.91 Å². The summed E-state index contributed by atoms with van der Waals surface area (Å²) in [7, 11) is 3.70. The molecule has 2 N–H and O–H groups in total. The molecule has 0 radical (unpaired) electrons. The van der Waals surface area contributed by atoms with Crippen molar-refractivity contribution in [2.45, 2.75) is 25.8 Å². The smallest absolute Gasteiger partial charge is 0.303 e. The Kier molecular flexibility index (Phi) is 6.18. The average Bonchev–Trinajstić information content (AvgIpc) is 2.34. The molecule has 1 aromatic carbocycles. The number of hydrogen-bond acceptors (Lipinski definition) is 3. The second kappa shape index (κ2) is 7.65. The minimum atomic E-state index is -0.845. The van der Waals surface area contributed by atoms with Gasteiger partial charge in [-0.2, -0.15) is 0 Å². The number of amides is 1. The van der Waals surface area contributed by atoms with Crippen LogP contribution in [0, 0.1) is 6.92 Å². The Hall–Kier alpha value is -1.88. The number of aryl methyl sites for hydroxylation is 1. The third-order valence-corrected chi connectivity index (χ3v) is 2.99. The van der Waals surface area contributed by atoms with Gasteiger partial charge in [-0.3, -0.25) is 14.5 Å². The van der Waals surface area contributed by atoms with E-state index in [0.717, 1.165) is 11.1 Å². The number of rotatable bonds is 7. The van der Waals surface area contributed by atoms with Crippen LogP contribution >= 0.6 is 0 Å². The van der Waals surface area contributed by atoms with Gasteiger partial charge in [0.05, 0.1) is 0 Å². The molecule has 110 valence electrons. The minimum Gasteiger partial charge on any atom is -0.481 e. The lowest BCUT2D eigenvalue weighted by Gasteiger charge is -2.24. The zero-order valence-corrected chi connectivity index (χ0v) is 12.2. The topological polar surface area (TPSA) is 69.6 Å². The van der Waals surface area contributed by atoms with Crippen molar-refractivity contribution in [1.29, 1.82) is 0 Å². The van der Waals surface area contributed by atoms with Crippen molar-refractivity contribution in [2.75, 3.05) is 20.6 Å². The Morgan fingerprint density at radius 1 is 1.35 bits per heavy atom. The highest BCUT2D eigenvalue weighted by Gasteiger charge is 2.22. The van der Waals surface area contributed by atoms with Crippen molar-refractivity contribution in [3.63, 3.8) is 0 Å². The summed E-state index contributed by atoms with van der Waals surface area (Å²) in [6.45, 7) is 2.36. The lowest BCUT2D eigenvalue weighted by atomic mass is 10.0. The number of carbonyl (C=O) groups is 2. The molecule has 1 atom stereocenters. The Morgan fingerprint density at radius 3 is 2.60 bits per heavy atom. The number of hydrogen-bond donors (Lipinski definition) is 2. The zero-order valence-electron chi connectivity index (χ0n) is 12.2. The van der Waals surface area contributed by atoms with Crippen LogP contribution in [-0.2, 0) is 9.59 Å². The summed E-state index contributed by atoms with van der Waals surface area (Å²) in [5.74, 6) is -0.951. The molecule has 0 aromatic heterocycles. The SMILES string of the molecule is Cc1cccc([C@@H](C(=O)NCCCC(=O)O)N(C)C)c1. The first-order chi connectivity index (χ1) is 9.41. The molecule has 0 bridgehead atoms. The maximum absolute atomic E-state index is 12.2. The second-order valence-electron chi connectivity index (χ2n) is 5.07. The number of nitrogens with zero attached hydrogens (tertiary/aromatic N) is 1. The van der Waals surface area contributed by atoms with E-state index in [4.69, 9.17) is 5.11 Å². The molecule has 0 saturated heterocycles. The van der Waals surface area contributed by atoms with Crippen LogP contribution in [0.25, 0.3) is 0 Å². The number of likely N-dealkylation sites (N-methyl/N-ethyl adjacent to an activating group) is 1. The number of aliphatic carboxylic acids is 1. The van der Waals surface area contributed by atoms with Crippen LogP contribution < -0.4 is 5.32 Å². The van der Waals surface area contributed by atoms with Gasteiger partial charge in [-0.05, 0) is 33.0 Å². The van der Waals surface area contributed by atoms with Crippen LogP contribution in [0.1, 0.15) is 30.0 Å². The Balaban J connectivity index is 2.66. The predicted molar refractivity (Wildman–Crippen MR) is 77.5 cm³/mol. The van der Waals surface area contributed by atoms with Crippen LogP contribution in [0.2, 0.25) is 0 Å². The molecule has 5 heteroatoms. The Labute approximate surface area is 119 Å². The van der Waals surface area contributed by atoms with Gasteiger partial charge in [0, 0.05) is 13.0 Å². The second-order valence-corrected chi connectivity index (χ2v) is 5.07. The van der Waals surface area contributed by atoms with E-state index < -0.39 is 5.97 Å². The number of carboxylic acid groups (broad SMARTS) is 1. The maximum atomic E-state index is 12.2. The van der Waals surface area contributed by atoms with Gasteiger partial charge < -0.3 is 10.4 Å². The lowest BCUT2D eigenvalue weighted by molar-refractivity contribution is -0.137. The van der Waals surface area contributed by atoms with Crippen LogP contribution in [-0.4, -0.2) is 42.5 Å². The molecule has 0 aliphatic heterocycles. The molecule has 1 aromatic rings. The van der Waals surface area contributed by atoms with E-state index in [2.05, 4.69) is 5.32 Å². The molecule has 5 nitrogen and oxygen atoms in total. The van der Waals surface area contributed by atoms with Gasteiger partial charge in [0.25, 0.3) is 0 Å². The fraction of sp³-hybridized carbons (Fsp3) is 0.467. The largest absolute Gasteiger partial charge is 0.481 e. The van der Waals surface area contributed by atoms with Crippen LogP contribution in [0.5, 0.6) is 0 Å². The van der Waals surface area contributed by atoms with Crippen molar-refractivity contribution in [3.05, 3.63) is 35.4 Å². The van der Waals surface area contributed by atoms with Crippen LogP contribution in [0.15, 0.2) is 24.3 Å². The summed E-state index contributed by atoms with van der Waals surface area (Å²) in [6, 6.07) is 7.47. The first-order valence-electron chi connectivity index (χ1n) is 6.64. The van der Waals surface area contributed by atoms with Crippen molar-refractivity contribution < 1.29 is 14.7 Å². The molecule has 0 fully saturated rings. The van der Waals surface area contributed by atoms with E-state index >= 15 is 0 Å². The van der Waals surface area contributed by atoms with Crippen molar-refractivity contribution in [3.8, 4) is 0 Å². The highest BCUT2D eigenvalue weighted by molar-refractivity contribution is 5.83. The molecule has 1 amide bonds. The first kappa shape index (κ1) is 16.2. The molecule has 0 heterocycles. The molecular formula is C15H22N2O3. The molecular weight excluding hydrogens is 256 g/mol. The van der Waals surface area contributed by atoms with E-state index in [-0.39, 0.29) is 18.4 Å². The highest BCUT2D eigenvalue weighted by atomic mass is 16.4. The monoisotopic (exact) mass is 278 g/mol. The fourth-order valence-corrected chi connectivity index (χ4v) is 2.07. The van der Waals surface area contributed by atoms with Crippen LogP contribution in [0.3, 0.4) is 0 Å². The van der Waals surface area contributed by atoms with Crippen molar-refractivity contribution >= 4 is 11.9 Å². The quantitative estimate of drug-likeness (QED) is 0.743. The summed E-state index contributed by atoms with van der Waals surface area (Å²) in [5.41, 5.74) is 2.04. The molecule has 0 spiro atoms. The average molecular weight is 278 g/mol. The molecule has 0 saturated carbocycles. The first-order valence-corrected chi connectivity index (χ1v) is 6.64. The molecule has 0 unspecified atom stereocenters. The van der Waals surface area contributed by atoms with Gasteiger partial charge in [-0.15, -0.1) is 0 Å². The van der Waals surface area contributed by atoms with E-state index in [0.29, 0.717) is 13.0 Å². The van der Waals surface area contributed by atoms with Gasteiger partial charge in [0.1, 0.15) is 6.04 Å². The highest BCUT2D eigenvalue weighted by Crippen LogP contribution is 2.19. The van der Waals surface area contributed by atoms with Crippen molar-refractivity contribution in [1.82, 2.24) is 10.2 Å². The fourth-order valence-electron chi connectivity index (χ4n) is 2.07. The van der Waals surface area contributed by atoms with Gasteiger partial charge in [0.15, 0.2) is 0 Å². The lowest BCUT2D eigenvalue weighted by Crippen LogP contribution is -2.37. The summed E-state index contributed by atoms with van der Waals surface area (Å²) in [4.78, 5) is 24.5. The number of carboxylic acids is 1. The predicted octanol–water partition coefficient (Wildman–Crippen LogP) is 1.58. The summed E-state index contributed by atoms with van der Waals surface area (Å²) < 4.78 is 0. The van der Waals surface area contributed by atoms with E-state index in [1.54, 1.807) is 0 Å². The van der Waals surface area contributed by atoms with Gasteiger partial charge in [-0.1, -0.05) is 29.8 Å². The summed E-state index contributed by atoms with van der Waals surface area (Å²) in [6.07, 6.45) is 0.506. The maximum Gasteiger partial charge on any atom is 0.303 e. The Morgan fingerprint density at radius 2 is 2.05 bits per heavy atom. The summed E-state index contributed by atoms with van der Waals surface area (Å²) >= 11 is 0. The zero-order chi connectivity index (χ0) is 15.1. The molecule has 0 aliphatic carbocycles. The molecule has 0 aliphatic rings. The number of benzene rings is 1. The number of carbonyl (C=O) groups excluding carboxylic acids is 1. The van der Waals surface area contributed by atoms with E-state index in [1.165, 1.54) is 0 Å².